The summed E-state index contributed by atoms with van der Waals surface area (Å²) in [6.07, 6.45) is 0.110. The third-order valence-electron chi connectivity index (χ3n) is 2.34. The molecule has 0 saturated carbocycles. The molecule has 0 aliphatic rings. The molecule has 0 aliphatic carbocycles. The van der Waals surface area contributed by atoms with Crippen molar-refractivity contribution < 1.29 is 13.2 Å². The van der Waals surface area contributed by atoms with Crippen LogP contribution in [0.4, 0.5) is 5.69 Å². The third kappa shape index (κ3) is 3.71. The van der Waals surface area contributed by atoms with Crippen molar-refractivity contribution in [1.29, 1.82) is 0 Å². The van der Waals surface area contributed by atoms with Gasteiger partial charge in [0.15, 0.2) is 0 Å². The number of rotatable bonds is 5. The maximum absolute atomic E-state index is 11.9. The molecule has 1 amide bonds. The van der Waals surface area contributed by atoms with Crippen LogP contribution in [0.2, 0.25) is 0 Å². The van der Waals surface area contributed by atoms with E-state index in [0.29, 0.717) is 0 Å². The lowest BCUT2D eigenvalue weighted by Crippen LogP contribution is -2.30. The van der Waals surface area contributed by atoms with Gasteiger partial charge in [-0.05, 0) is 12.1 Å². The van der Waals surface area contributed by atoms with Crippen LogP contribution >= 0.6 is 0 Å². The van der Waals surface area contributed by atoms with Crippen molar-refractivity contribution in [1.82, 2.24) is 9.62 Å². The molecule has 0 bridgehead atoms. The second-order valence-electron chi connectivity index (χ2n) is 3.97. The van der Waals surface area contributed by atoms with Crippen LogP contribution in [0.15, 0.2) is 29.2 Å². The summed E-state index contributed by atoms with van der Waals surface area (Å²) in [6.45, 7) is 0.0493. The Balaban J connectivity index is 2.67. The van der Waals surface area contributed by atoms with Gasteiger partial charge in [0.05, 0.1) is 5.69 Å². The molecule has 0 unspecified atom stereocenters. The highest BCUT2D eigenvalue weighted by Crippen LogP contribution is 2.16. The highest BCUT2D eigenvalue weighted by molar-refractivity contribution is 7.89. The van der Waals surface area contributed by atoms with Crippen LogP contribution in [0.1, 0.15) is 6.42 Å². The number of sulfonamides is 1. The fourth-order valence-corrected chi connectivity index (χ4v) is 2.48. The van der Waals surface area contributed by atoms with Crippen LogP contribution < -0.4 is 10.5 Å². The lowest BCUT2D eigenvalue weighted by atomic mass is 10.3. The van der Waals surface area contributed by atoms with Gasteiger partial charge in [-0.1, -0.05) is 12.1 Å². The molecule has 1 aromatic carbocycles. The zero-order valence-corrected chi connectivity index (χ0v) is 11.2. The van der Waals surface area contributed by atoms with E-state index < -0.39 is 10.0 Å². The highest BCUT2D eigenvalue weighted by Gasteiger charge is 2.16. The number of nitrogens with zero attached hydrogens (tertiary/aromatic N) is 1. The van der Waals surface area contributed by atoms with E-state index >= 15 is 0 Å². The van der Waals surface area contributed by atoms with Crippen LogP contribution in [0, 0.1) is 0 Å². The van der Waals surface area contributed by atoms with Crippen LogP contribution in [0.5, 0.6) is 0 Å². The van der Waals surface area contributed by atoms with E-state index in [2.05, 4.69) is 4.72 Å². The van der Waals surface area contributed by atoms with Gasteiger partial charge < -0.3 is 10.6 Å². The maximum atomic E-state index is 11.9. The molecule has 7 heteroatoms. The first kappa shape index (κ1) is 14.5. The van der Waals surface area contributed by atoms with Gasteiger partial charge in [-0.15, -0.1) is 0 Å². The third-order valence-corrected chi connectivity index (χ3v) is 3.87. The van der Waals surface area contributed by atoms with Crippen LogP contribution in [-0.2, 0) is 14.8 Å². The van der Waals surface area contributed by atoms with Gasteiger partial charge in [-0.3, -0.25) is 4.79 Å². The molecular weight excluding hydrogens is 254 g/mol. The number of nitrogens with two attached hydrogens (primary N) is 1. The Morgan fingerprint density at radius 3 is 2.50 bits per heavy atom. The number of carbonyl (C=O) groups is 1. The molecule has 1 rings (SSSR count). The number of anilines is 1. The molecule has 0 fully saturated rings. The molecule has 18 heavy (non-hydrogen) atoms. The van der Waals surface area contributed by atoms with E-state index in [4.69, 9.17) is 5.73 Å². The van der Waals surface area contributed by atoms with Gasteiger partial charge in [0.25, 0.3) is 0 Å². The first-order valence-corrected chi connectivity index (χ1v) is 6.87. The van der Waals surface area contributed by atoms with Crippen molar-refractivity contribution in [2.45, 2.75) is 11.3 Å². The van der Waals surface area contributed by atoms with E-state index in [-0.39, 0.29) is 29.5 Å². The number of benzene rings is 1. The van der Waals surface area contributed by atoms with Crippen molar-refractivity contribution in [3.8, 4) is 0 Å². The minimum Gasteiger partial charge on any atom is -0.398 e. The second kappa shape index (κ2) is 5.83. The molecule has 0 aromatic heterocycles. The summed E-state index contributed by atoms with van der Waals surface area (Å²) in [6, 6.07) is 6.19. The maximum Gasteiger partial charge on any atom is 0.242 e. The van der Waals surface area contributed by atoms with Crippen molar-refractivity contribution in [2.75, 3.05) is 26.4 Å². The Morgan fingerprint density at radius 1 is 1.33 bits per heavy atom. The normalized spacial score (nSPS) is 11.2. The lowest BCUT2D eigenvalue weighted by Gasteiger charge is -2.11. The van der Waals surface area contributed by atoms with Crippen LogP contribution in [0.3, 0.4) is 0 Å². The van der Waals surface area contributed by atoms with E-state index in [1.807, 2.05) is 0 Å². The molecule has 0 aliphatic heterocycles. The second-order valence-corrected chi connectivity index (χ2v) is 5.71. The minimum atomic E-state index is -3.66. The van der Waals surface area contributed by atoms with Gasteiger partial charge in [0.1, 0.15) is 4.90 Å². The smallest absolute Gasteiger partial charge is 0.242 e. The quantitative estimate of drug-likeness (QED) is 0.739. The average molecular weight is 271 g/mol. The van der Waals surface area contributed by atoms with Gasteiger partial charge in [0.2, 0.25) is 15.9 Å². The summed E-state index contributed by atoms with van der Waals surface area (Å²) in [7, 11) is -0.424. The van der Waals surface area contributed by atoms with Crippen molar-refractivity contribution in [2.24, 2.45) is 0 Å². The Hall–Kier alpha value is -1.60. The number of nitrogens with one attached hydrogen (secondary N) is 1. The topological polar surface area (TPSA) is 92.5 Å². The first-order chi connectivity index (χ1) is 8.34. The molecular formula is C11H17N3O3S. The fraction of sp³-hybridized carbons (Fsp3) is 0.364. The summed E-state index contributed by atoms with van der Waals surface area (Å²) in [5.74, 6) is -0.140. The highest BCUT2D eigenvalue weighted by atomic mass is 32.2. The largest absolute Gasteiger partial charge is 0.398 e. The molecule has 3 N–H and O–H groups in total. The van der Waals surface area contributed by atoms with E-state index in [9.17, 15) is 13.2 Å². The molecule has 100 valence electrons. The Kier molecular flexibility index (Phi) is 4.69. The lowest BCUT2D eigenvalue weighted by molar-refractivity contribution is -0.128. The summed E-state index contributed by atoms with van der Waals surface area (Å²) in [4.78, 5) is 12.7. The fourth-order valence-electron chi connectivity index (χ4n) is 1.32. The van der Waals surface area contributed by atoms with Crippen molar-refractivity contribution in [3.05, 3.63) is 24.3 Å². The molecule has 6 nitrogen and oxygen atoms in total. The summed E-state index contributed by atoms with van der Waals surface area (Å²) < 4.78 is 26.1. The standard InChI is InChI=1S/C11H17N3O3S/c1-14(2)11(15)7-8-13-18(16,17)10-6-4-3-5-9(10)12/h3-6,13H,7-8,12H2,1-2H3. The number of para-hydroxylation sites is 1. The molecule has 0 saturated heterocycles. The van der Waals surface area contributed by atoms with Gasteiger partial charge >= 0.3 is 0 Å². The average Bonchev–Trinajstić information content (AvgIpc) is 2.28. The number of hydrogen-bond acceptors (Lipinski definition) is 4. The monoisotopic (exact) mass is 271 g/mol. The number of carbonyl (C=O) groups excluding carboxylic acids is 1. The zero-order chi connectivity index (χ0) is 13.8. The van der Waals surface area contributed by atoms with E-state index in [0.717, 1.165) is 0 Å². The Morgan fingerprint density at radius 2 is 1.94 bits per heavy atom. The predicted octanol–water partition coefficient (Wildman–Crippen LogP) is 0.0254. The minimum absolute atomic E-state index is 0.0299. The van der Waals surface area contributed by atoms with Gasteiger partial charge in [-0.25, -0.2) is 13.1 Å². The van der Waals surface area contributed by atoms with Gasteiger partial charge in [0, 0.05) is 27.1 Å². The number of hydrogen-bond donors (Lipinski definition) is 2. The van der Waals surface area contributed by atoms with Crippen LogP contribution in [-0.4, -0.2) is 39.9 Å². The molecule has 0 spiro atoms. The Bertz CT molecular complexity index is 526. The molecule has 0 radical (unpaired) electrons. The van der Waals surface area contributed by atoms with Crippen molar-refractivity contribution >= 4 is 21.6 Å². The summed E-state index contributed by atoms with van der Waals surface area (Å²) >= 11 is 0. The van der Waals surface area contributed by atoms with Crippen molar-refractivity contribution in [3.63, 3.8) is 0 Å². The molecule has 0 heterocycles. The predicted molar refractivity (Wildman–Crippen MR) is 69.4 cm³/mol. The summed E-state index contributed by atoms with van der Waals surface area (Å²) in [5, 5.41) is 0. The van der Waals surface area contributed by atoms with Gasteiger partial charge in [-0.2, -0.15) is 0 Å². The SMILES string of the molecule is CN(C)C(=O)CCNS(=O)(=O)c1ccccc1N. The van der Waals surface area contributed by atoms with Crippen LogP contribution in [0.25, 0.3) is 0 Å². The summed E-state index contributed by atoms with van der Waals surface area (Å²) in [5.41, 5.74) is 5.78. The number of nitrogen functional groups attached to an aromatic ring is 1. The zero-order valence-electron chi connectivity index (χ0n) is 10.4. The van der Waals surface area contributed by atoms with E-state index in [1.165, 1.54) is 17.0 Å². The number of amides is 1. The Labute approximate surface area is 107 Å². The van der Waals surface area contributed by atoms with E-state index in [1.54, 1.807) is 26.2 Å². The first-order valence-electron chi connectivity index (χ1n) is 5.39. The molecule has 0 atom stereocenters. The molecule has 1 aromatic rings.